The van der Waals surface area contributed by atoms with Gasteiger partial charge in [-0.15, -0.1) is 0 Å². The van der Waals surface area contributed by atoms with E-state index in [0.29, 0.717) is 0 Å². The van der Waals surface area contributed by atoms with Gasteiger partial charge in [0.15, 0.2) is 0 Å². The summed E-state index contributed by atoms with van der Waals surface area (Å²) < 4.78 is 0. The van der Waals surface area contributed by atoms with Crippen molar-refractivity contribution in [3.63, 3.8) is 0 Å². The van der Waals surface area contributed by atoms with Gasteiger partial charge in [0.05, 0.1) is 6.54 Å². The Bertz CT molecular complexity index is 298. The summed E-state index contributed by atoms with van der Waals surface area (Å²) in [6.45, 7) is 2.82. The van der Waals surface area contributed by atoms with Crippen LogP contribution >= 0.6 is 0 Å². The normalized spacial score (nSPS) is 20.6. The zero-order valence-electron chi connectivity index (χ0n) is 8.16. The molecule has 1 aliphatic heterocycles. The van der Waals surface area contributed by atoms with Crippen molar-refractivity contribution < 1.29 is 14.4 Å². The van der Waals surface area contributed by atoms with Crippen LogP contribution in [0.1, 0.15) is 13.8 Å². The summed E-state index contributed by atoms with van der Waals surface area (Å²) in [7, 11) is 0. The van der Waals surface area contributed by atoms with Gasteiger partial charge in [-0.2, -0.15) is 0 Å². The van der Waals surface area contributed by atoms with Gasteiger partial charge in [0.2, 0.25) is 11.8 Å². The molecule has 14 heavy (non-hydrogen) atoms. The van der Waals surface area contributed by atoms with Crippen LogP contribution in [-0.2, 0) is 14.4 Å². The van der Waals surface area contributed by atoms with Crippen molar-refractivity contribution >= 4 is 17.7 Å². The summed E-state index contributed by atoms with van der Waals surface area (Å²) in [6, 6.07) is 0. The maximum atomic E-state index is 11.4. The van der Waals surface area contributed by atoms with Gasteiger partial charge in [0.25, 0.3) is 5.91 Å². The third kappa shape index (κ3) is 1.60. The van der Waals surface area contributed by atoms with Gasteiger partial charge in [0.1, 0.15) is 12.1 Å². The zero-order valence-corrected chi connectivity index (χ0v) is 8.16. The number of carbonyl (C=O) groups excluding carboxylic acids is 3. The molecule has 0 atom stereocenters. The summed E-state index contributed by atoms with van der Waals surface area (Å²) in [5.74, 6) is -1.36. The molecular formula is C8H13N3O3. The van der Waals surface area contributed by atoms with Crippen LogP contribution in [0.5, 0.6) is 0 Å². The van der Waals surface area contributed by atoms with E-state index >= 15 is 0 Å². The van der Waals surface area contributed by atoms with Crippen LogP contribution in [0.3, 0.4) is 0 Å². The Morgan fingerprint density at radius 1 is 1.57 bits per heavy atom. The first-order chi connectivity index (χ1) is 6.39. The van der Waals surface area contributed by atoms with Crippen LogP contribution in [-0.4, -0.2) is 41.2 Å². The van der Waals surface area contributed by atoms with E-state index in [-0.39, 0.29) is 13.1 Å². The molecule has 0 unspecified atom stereocenters. The van der Waals surface area contributed by atoms with E-state index < -0.39 is 23.3 Å². The molecule has 1 heterocycles. The maximum Gasteiger partial charge on any atom is 0.252 e. The fourth-order valence-electron chi connectivity index (χ4n) is 1.29. The Hall–Kier alpha value is -1.43. The highest BCUT2D eigenvalue weighted by Crippen LogP contribution is 2.17. The minimum atomic E-state index is -1.01. The summed E-state index contributed by atoms with van der Waals surface area (Å²) in [5, 5.41) is 2.17. The van der Waals surface area contributed by atoms with Gasteiger partial charge in [-0.1, -0.05) is 0 Å². The number of nitrogens with two attached hydrogens (primary N) is 1. The molecule has 0 aromatic carbocycles. The second kappa shape index (κ2) is 3.38. The van der Waals surface area contributed by atoms with Crippen LogP contribution < -0.4 is 11.1 Å². The van der Waals surface area contributed by atoms with Gasteiger partial charge < -0.3 is 10.6 Å². The second-order valence-corrected chi connectivity index (χ2v) is 3.62. The number of rotatable bonds is 1. The monoisotopic (exact) mass is 199 g/mol. The molecule has 0 aromatic heterocycles. The fraction of sp³-hybridized carbons (Fsp3) is 0.625. The van der Waals surface area contributed by atoms with Gasteiger partial charge in [-0.3, -0.25) is 19.7 Å². The van der Waals surface area contributed by atoms with Crippen molar-refractivity contribution in [2.45, 2.75) is 19.4 Å². The molecule has 1 rings (SSSR count). The number of nitrogens with one attached hydrogen (secondary N) is 1. The van der Waals surface area contributed by atoms with E-state index in [4.69, 9.17) is 5.73 Å². The number of carbonyl (C=O) groups is 3. The fourth-order valence-corrected chi connectivity index (χ4v) is 1.29. The minimum Gasteiger partial charge on any atom is -0.322 e. The van der Waals surface area contributed by atoms with Crippen molar-refractivity contribution in [3.8, 4) is 0 Å². The molecule has 1 fully saturated rings. The first-order valence-corrected chi connectivity index (χ1v) is 4.24. The largest absolute Gasteiger partial charge is 0.322 e. The van der Waals surface area contributed by atoms with Crippen molar-refractivity contribution in [2.24, 2.45) is 5.73 Å². The minimum absolute atomic E-state index is 0.116. The summed E-state index contributed by atoms with van der Waals surface area (Å²) in [6.07, 6.45) is 0. The molecule has 1 aliphatic rings. The highest BCUT2D eigenvalue weighted by molar-refractivity contribution is 6.06. The number of hydrogen-bond donors (Lipinski definition) is 2. The number of imide groups is 1. The van der Waals surface area contributed by atoms with Crippen molar-refractivity contribution in [3.05, 3.63) is 0 Å². The summed E-state index contributed by atoms with van der Waals surface area (Å²) in [4.78, 5) is 34.9. The van der Waals surface area contributed by atoms with Crippen LogP contribution in [0.2, 0.25) is 0 Å². The third-order valence-corrected chi connectivity index (χ3v) is 2.26. The maximum absolute atomic E-state index is 11.4. The molecule has 6 heteroatoms. The summed E-state index contributed by atoms with van der Waals surface area (Å²) >= 11 is 0. The van der Waals surface area contributed by atoms with E-state index in [2.05, 4.69) is 5.32 Å². The molecule has 0 radical (unpaired) electrons. The first-order valence-electron chi connectivity index (χ1n) is 4.24. The van der Waals surface area contributed by atoms with Crippen molar-refractivity contribution in [1.29, 1.82) is 0 Å². The average molecular weight is 199 g/mol. The first kappa shape index (κ1) is 10.6. The number of piperazine rings is 1. The number of amides is 3. The molecule has 0 bridgehead atoms. The van der Waals surface area contributed by atoms with E-state index in [1.165, 1.54) is 4.90 Å². The number of nitrogens with zero attached hydrogens (tertiary/aromatic N) is 1. The van der Waals surface area contributed by atoms with Gasteiger partial charge in [-0.05, 0) is 13.8 Å². The van der Waals surface area contributed by atoms with Crippen molar-refractivity contribution in [1.82, 2.24) is 10.2 Å². The Labute approximate surface area is 81.4 Å². The van der Waals surface area contributed by atoms with Crippen LogP contribution in [0, 0.1) is 0 Å². The standard InChI is InChI=1S/C8H13N3O3/c1-8(2)7(14)10-5(12)4-11(8)6(13)3-9/h3-4,9H2,1-2H3,(H,10,12,14). The van der Waals surface area contributed by atoms with Crippen LogP contribution in [0.25, 0.3) is 0 Å². The third-order valence-electron chi connectivity index (χ3n) is 2.26. The van der Waals surface area contributed by atoms with Crippen molar-refractivity contribution in [2.75, 3.05) is 13.1 Å². The van der Waals surface area contributed by atoms with E-state index in [1.54, 1.807) is 13.8 Å². The van der Waals surface area contributed by atoms with Crippen LogP contribution in [0.4, 0.5) is 0 Å². The molecule has 0 aliphatic carbocycles. The highest BCUT2D eigenvalue weighted by atomic mass is 16.2. The molecule has 0 spiro atoms. The molecule has 1 saturated heterocycles. The Kier molecular flexibility index (Phi) is 2.57. The zero-order chi connectivity index (χ0) is 10.9. The lowest BCUT2D eigenvalue weighted by Gasteiger charge is -2.39. The molecule has 3 amide bonds. The van der Waals surface area contributed by atoms with Gasteiger partial charge in [0, 0.05) is 0 Å². The predicted octanol–water partition coefficient (Wildman–Crippen LogP) is -1.79. The molecular weight excluding hydrogens is 186 g/mol. The summed E-state index contributed by atoms with van der Waals surface area (Å²) in [5.41, 5.74) is 4.17. The SMILES string of the molecule is CC1(C)C(=O)NC(=O)CN1C(=O)CN. The second-order valence-electron chi connectivity index (χ2n) is 3.62. The lowest BCUT2D eigenvalue weighted by atomic mass is 9.98. The molecule has 0 saturated carbocycles. The topological polar surface area (TPSA) is 92.5 Å². The predicted molar refractivity (Wildman–Crippen MR) is 48.0 cm³/mol. The van der Waals surface area contributed by atoms with Gasteiger partial charge in [-0.25, -0.2) is 0 Å². The van der Waals surface area contributed by atoms with E-state index in [0.717, 1.165) is 0 Å². The van der Waals surface area contributed by atoms with E-state index in [9.17, 15) is 14.4 Å². The highest BCUT2D eigenvalue weighted by Gasteiger charge is 2.42. The lowest BCUT2D eigenvalue weighted by molar-refractivity contribution is -0.154. The molecule has 78 valence electrons. The lowest BCUT2D eigenvalue weighted by Crippen LogP contribution is -2.66. The smallest absolute Gasteiger partial charge is 0.252 e. The van der Waals surface area contributed by atoms with E-state index in [1.807, 2.05) is 0 Å². The Balaban J connectivity index is 2.96. The average Bonchev–Trinajstić information content (AvgIpc) is 2.10. The molecule has 3 N–H and O–H groups in total. The number of hydrogen-bond acceptors (Lipinski definition) is 4. The van der Waals surface area contributed by atoms with Gasteiger partial charge >= 0.3 is 0 Å². The molecule has 0 aromatic rings. The van der Waals surface area contributed by atoms with Crippen LogP contribution in [0.15, 0.2) is 0 Å². The molecule has 6 nitrogen and oxygen atoms in total. The Morgan fingerprint density at radius 3 is 2.64 bits per heavy atom. The Morgan fingerprint density at radius 2 is 2.14 bits per heavy atom. The quantitative estimate of drug-likeness (QED) is 0.488.